The fraction of sp³-hybridized carbons (Fsp3) is 0.115. The molecular weight excluding hydrogens is 434 g/mol. The lowest BCUT2D eigenvalue weighted by atomic mass is 10.1. The Morgan fingerprint density at radius 2 is 1.73 bits per heavy atom. The first kappa shape index (κ1) is 20.9. The van der Waals surface area contributed by atoms with Gasteiger partial charge in [0.25, 0.3) is 11.8 Å². The highest BCUT2D eigenvalue weighted by Crippen LogP contribution is 2.36. The summed E-state index contributed by atoms with van der Waals surface area (Å²) in [5.41, 5.74) is 3.30. The molecule has 0 saturated carbocycles. The number of rotatable bonds is 6. The number of amides is 2. The van der Waals surface area contributed by atoms with Crippen LogP contribution in [0.1, 0.15) is 22.8 Å². The van der Waals surface area contributed by atoms with Gasteiger partial charge in [-0.05, 0) is 49.4 Å². The zero-order valence-corrected chi connectivity index (χ0v) is 18.8. The van der Waals surface area contributed by atoms with Gasteiger partial charge in [-0.15, -0.1) is 0 Å². The molecule has 0 saturated heterocycles. The van der Waals surface area contributed by atoms with Crippen molar-refractivity contribution in [3.63, 3.8) is 0 Å². The number of fused-ring (bicyclic) bond motifs is 2. The number of nitrogens with zero attached hydrogens (tertiary/aromatic N) is 3. The van der Waals surface area contributed by atoms with Crippen molar-refractivity contribution in [3.8, 4) is 5.75 Å². The predicted molar refractivity (Wildman–Crippen MR) is 131 cm³/mol. The molecule has 0 spiro atoms. The van der Waals surface area contributed by atoms with Gasteiger partial charge in [-0.25, -0.2) is 4.98 Å². The molecule has 33 heavy (non-hydrogen) atoms. The Morgan fingerprint density at radius 1 is 1.03 bits per heavy atom. The molecule has 4 aromatic rings. The highest BCUT2D eigenvalue weighted by molar-refractivity contribution is 7.22. The molecule has 0 N–H and O–H groups in total. The third-order valence-corrected chi connectivity index (χ3v) is 6.48. The van der Waals surface area contributed by atoms with Crippen molar-refractivity contribution < 1.29 is 14.3 Å². The molecule has 6 nitrogen and oxygen atoms in total. The predicted octanol–water partition coefficient (Wildman–Crippen LogP) is 5.49. The molecule has 1 aliphatic heterocycles. The van der Waals surface area contributed by atoms with Crippen molar-refractivity contribution in [2.24, 2.45) is 0 Å². The molecule has 1 aromatic heterocycles. The largest absolute Gasteiger partial charge is 0.494 e. The summed E-state index contributed by atoms with van der Waals surface area (Å²) in [7, 11) is 0. The molecule has 2 heterocycles. The van der Waals surface area contributed by atoms with E-state index < -0.39 is 0 Å². The Bertz CT molecular complexity index is 1310. The van der Waals surface area contributed by atoms with Crippen LogP contribution in [0.4, 0.5) is 10.8 Å². The van der Waals surface area contributed by atoms with Crippen molar-refractivity contribution in [2.75, 3.05) is 18.1 Å². The maximum atomic E-state index is 13.7. The maximum Gasteiger partial charge on any atom is 0.259 e. The van der Waals surface area contributed by atoms with E-state index in [4.69, 9.17) is 4.74 Å². The molecule has 0 radical (unpaired) electrons. The summed E-state index contributed by atoms with van der Waals surface area (Å²) < 4.78 is 6.52. The van der Waals surface area contributed by atoms with Gasteiger partial charge in [0.2, 0.25) is 0 Å². The smallest absolute Gasteiger partial charge is 0.259 e. The first-order valence-electron chi connectivity index (χ1n) is 10.6. The maximum absolute atomic E-state index is 13.7. The lowest BCUT2D eigenvalue weighted by Gasteiger charge is -2.24. The highest BCUT2D eigenvalue weighted by Gasteiger charge is 2.34. The molecule has 0 aliphatic carbocycles. The van der Waals surface area contributed by atoms with E-state index in [2.05, 4.69) is 11.6 Å². The number of anilines is 2. The number of carbonyl (C=O) groups is 2. The van der Waals surface area contributed by atoms with Crippen LogP contribution in [0, 0.1) is 0 Å². The van der Waals surface area contributed by atoms with Crippen molar-refractivity contribution in [2.45, 2.75) is 6.92 Å². The minimum atomic E-state index is -0.277. The average molecular weight is 456 g/mol. The van der Waals surface area contributed by atoms with Crippen LogP contribution >= 0.6 is 11.3 Å². The van der Waals surface area contributed by atoms with Crippen LogP contribution in [0.25, 0.3) is 15.9 Å². The van der Waals surface area contributed by atoms with Crippen molar-refractivity contribution in [1.29, 1.82) is 0 Å². The number of thiazole rings is 1. The number of ether oxygens (including phenoxy) is 1. The quantitative estimate of drug-likeness (QED) is 0.386. The topological polar surface area (TPSA) is 62.7 Å². The van der Waals surface area contributed by atoms with Gasteiger partial charge in [-0.1, -0.05) is 48.2 Å². The number of hydrogen-bond acceptors (Lipinski definition) is 5. The monoisotopic (exact) mass is 455 g/mol. The third kappa shape index (κ3) is 3.76. The van der Waals surface area contributed by atoms with Gasteiger partial charge in [0.1, 0.15) is 12.3 Å². The second-order valence-electron chi connectivity index (χ2n) is 7.50. The zero-order chi connectivity index (χ0) is 22.9. The molecule has 2 amide bonds. The van der Waals surface area contributed by atoms with E-state index in [-0.39, 0.29) is 18.4 Å². The first-order chi connectivity index (χ1) is 16.1. The number of para-hydroxylation sites is 1. The lowest BCUT2D eigenvalue weighted by molar-refractivity contribution is -0.118. The second kappa shape index (κ2) is 8.52. The molecular formula is C26H21N3O3S. The Hall–Kier alpha value is -3.97. The molecule has 7 heteroatoms. The van der Waals surface area contributed by atoms with Gasteiger partial charge in [0.15, 0.2) is 5.13 Å². The Balaban J connectivity index is 1.51. The van der Waals surface area contributed by atoms with Gasteiger partial charge >= 0.3 is 0 Å². The Labute approximate surface area is 195 Å². The van der Waals surface area contributed by atoms with Crippen LogP contribution in [-0.4, -0.2) is 34.8 Å². The Kier molecular flexibility index (Phi) is 5.40. The summed E-state index contributed by atoms with van der Waals surface area (Å²) in [6.07, 6.45) is 0. The van der Waals surface area contributed by atoms with Gasteiger partial charge < -0.3 is 4.74 Å². The lowest BCUT2D eigenvalue weighted by Crippen LogP contribution is -2.37. The van der Waals surface area contributed by atoms with Crippen molar-refractivity contribution >= 4 is 49.9 Å². The molecule has 164 valence electrons. The molecule has 1 aliphatic rings. The molecule has 0 unspecified atom stereocenters. The van der Waals surface area contributed by atoms with E-state index in [1.165, 1.54) is 16.2 Å². The van der Waals surface area contributed by atoms with E-state index in [9.17, 15) is 9.59 Å². The summed E-state index contributed by atoms with van der Waals surface area (Å²) in [5, 5.41) is 0.542. The SMILES string of the molecule is C=C1c2ccccc2C(=O)N1CC(=O)N(c1ccc(OCC)cc1)c1nc2ccccc2s1. The fourth-order valence-electron chi connectivity index (χ4n) is 3.88. The summed E-state index contributed by atoms with van der Waals surface area (Å²) in [6.45, 7) is 6.39. The minimum absolute atomic E-state index is 0.143. The highest BCUT2D eigenvalue weighted by atomic mass is 32.1. The zero-order valence-electron chi connectivity index (χ0n) is 18.0. The van der Waals surface area contributed by atoms with Gasteiger partial charge in [0.05, 0.1) is 22.5 Å². The van der Waals surface area contributed by atoms with E-state index in [0.717, 1.165) is 21.5 Å². The Morgan fingerprint density at radius 3 is 2.42 bits per heavy atom. The van der Waals surface area contributed by atoms with Crippen LogP contribution in [0.5, 0.6) is 5.75 Å². The molecule has 3 aromatic carbocycles. The summed E-state index contributed by atoms with van der Waals surface area (Å²) in [5.74, 6) is 0.219. The third-order valence-electron chi connectivity index (χ3n) is 5.46. The number of carbonyl (C=O) groups excluding carboxylic acids is 2. The number of aromatic nitrogens is 1. The van der Waals surface area contributed by atoms with Gasteiger partial charge in [0, 0.05) is 16.8 Å². The number of hydrogen-bond donors (Lipinski definition) is 0. The van der Waals surface area contributed by atoms with E-state index >= 15 is 0 Å². The van der Waals surface area contributed by atoms with Crippen LogP contribution in [0.2, 0.25) is 0 Å². The standard InChI is InChI=1S/C26H21N3O3S/c1-3-32-19-14-12-18(13-15-19)29(26-27-22-10-6-7-11-23(22)33-26)24(30)16-28-17(2)20-8-4-5-9-21(20)25(28)31/h4-15H,2-3,16H2,1H3. The van der Waals surface area contributed by atoms with Crippen LogP contribution in [-0.2, 0) is 4.79 Å². The van der Waals surface area contributed by atoms with Crippen molar-refractivity contribution in [1.82, 2.24) is 9.88 Å². The van der Waals surface area contributed by atoms with Crippen LogP contribution < -0.4 is 9.64 Å². The van der Waals surface area contributed by atoms with E-state index in [0.29, 0.717) is 28.7 Å². The molecule has 5 rings (SSSR count). The van der Waals surface area contributed by atoms with Gasteiger partial charge in [-0.2, -0.15) is 0 Å². The van der Waals surface area contributed by atoms with Crippen molar-refractivity contribution in [3.05, 3.63) is 90.5 Å². The molecule has 0 atom stereocenters. The second-order valence-corrected chi connectivity index (χ2v) is 8.51. The first-order valence-corrected chi connectivity index (χ1v) is 11.4. The average Bonchev–Trinajstić information content (AvgIpc) is 3.36. The fourth-order valence-corrected chi connectivity index (χ4v) is 4.89. The van der Waals surface area contributed by atoms with E-state index in [1.807, 2.05) is 73.7 Å². The van der Waals surface area contributed by atoms with Gasteiger partial charge in [-0.3, -0.25) is 19.4 Å². The van der Waals surface area contributed by atoms with Crippen LogP contribution in [0.15, 0.2) is 79.4 Å². The minimum Gasteiger partial charge on any atom is -0.494 e. The normalized spacial score (nSPS) is 12.8. The summed E-state index contributed by atoms with van der Waals surface area (Å²) >= 11 is 1.43. The van der Waals surface area contributed by atoms with Crippen LogP contribution in [0.3, 0.4) is 0 Å². The van der Waals surface area contributed by atoms with E-state index in [1.54, 1.807) is 11.0 Å². The summed E-state index contributed by atoms with van der Waals surface area (Å²) in [4.78, 5) is 34.3. The summed E-state index contributed by atoms with van der Waals surface area (Å²) in [6, 6.07) is 22.3. The molecule has 0 bridgehead atoms. The molecule has 0 fully saturated rings. The number of benzene rings is 3.